The summed E-state index contributed by atoms with van der Waals surface area (Å²) in [6.07, 6.45) is 0.493. The Bertz CT molecular complexity index is 1080. The van der Waals surface area contributed by atoms with Crippen molar-refractivity contribution in [1.29, 1.82) is 0 Å². The topological polar surface area (TPSA) is 101 Å². The Morgan fingerprint density at radius 3 is 2.25 bits per heavy atom. The van der Waals surface area contributed by atoms with Crippen molar-refractivity contribution in [3.05, 3.63) is 59.1 Å². The average Bonchev–Trinajstić information content (AvgIpc) is 2.84. The zero-order chi connectivity index (χ0) is 20.5. The quantitative estimate of drug-likeness (QED) is 0.738. The first kappa shape index (κ1) is 20.8. The van der Waals surface area contributed by atoms with E-state index in [1.807, 2.05) is 12.1 Å². The predicted molar refractivity (Wildman–Crippen MR) is 107 cm³/mol. The fourth-order valence-corrected chi connectivity index (χ4v) is 5.89. The molecule has 0 spiro atoms. The summed E-state index contributed by atoms with van der Waals surface area (Å²) in [7, 11) is -7.49. The van der Waals surface area contributed by atoms with Gasteiger partial charge in [-0.25, -0.2) is 25.9 Å². The van der Waals surface area contributed by atoms with Crippen LogP contribution >= 0.6 is 11.6 Å². The van der Waals surface area contributed by atoms with Crippen LogP contribution in [-0.4, -0.2) is 35.0 Å². The second-order valence-corrected chi connectivity index (χ2v) is 10.6. The molecule has 3 rings (SSSR count). The number of halogens is 1. The zero-order valence-electron chi connectivity index (χ0n) is 15.0. The number of sulfonamides is 2. The molecule has 1 fully saturated rings. The second kappa shape index (κ2) is 7.82. The van der Waals surface area contributed by atoms with Gasteiger partial charge in [0.2, 0.25) is 26.0 Å². The van der Waals surface area contributed by atoms with E-state index in [9.17, 15) is 21.6 Å². The molecule has 2 aromatic rings. The third-order valence-electron chi connectivity index (χ3n) is 4.36. The van der Waals surface area contributed by atoms with Crippen LogP contribution in [0.15, 0.2) is 53.4 Å². The molecule has 0 radical (unpaired) electrons. The van der Waals surface area contributed by atoms with Gasteiger partial charge >= 0.3 is 0 Å². The van der Waals surface area contributed by atoms with Crippen molar-refractivity contribution in [3.63, 3.8) is 0 Å². The predicted octanol–water partition coefficient (Wildman–Crippen LogP) is 2.17. The highest BCUT2D eigenvalue weighted by molar-refractivity contribution is 7.94. The fourth-order valence-electron chi connectivity index (χ4n) is 2.91. The molecule has 0 aromatic heterocycles. The van der Waals surface area contributed by atoms with Gasteiger partial charge < -0.3 is 0 Å². The van der Waals surface area contributed by atoms with Crippen LogP contribution in [0.1, 0.15) is 12.5 Å². The second-order valence-electron chi connectivity index (χ2n) is 6.55. The van der Waals surface area contributed by atoms with Crippen LogP contribution in [0.4, 0.5) is 5.69 Å². The van der Waals surface area contributed by atoms with Crippen molar-refractivity contribution in [2.75, 3.05) is 16.6 Å². The van der Waals surface area contributed by atoms with E-state index in [1.54, 1.807) is 19.1 Å². The minimum Gasteiger partial charge on any atom is -0.273 e. The van der Waals surface area contributed by atoms with E-state index in [0.717, 1.165) is 9.87 Å². The smallest absolute Gasteiger partial charge is 0.244 e. The Labute approximate surface area is 169 Å². The molecule has 1 atom stereocenters. The maximum absolute atomic E-state index is 12.4. The number of hydrogen-bond donors (Lipinski definition) is 1. The summed E-state index contributed by atoms with van der Waals surface area (Å²) in [5.41, 5.74) is 1.07. The molecule has 0 aliphatic carbocycles. The van der Waals surface area contributed by atoms with Gasteiger partial charge in [-0.3, -0.25) is 4.79 Å². The van der Waals surface area contributed by atoms with E-state index in [-0.39, 0.29) is 22.9 Å². The molecule has 150 valence electrons. The number of nitrogens with one attached hydrogen (secondary N) is 1. The van der Waals surface area contributed by atoms with Gasteiger partial charge in [-0.2, -0.15) is 0 Å². The van der Waals surface area contributed by atoms with E-state index >= 15 is 0 Å². The molecule has 28 heavy (non-hydrogen) atoms. The summed E-state index contributed by atoms with van der Waals surface area (Å²) in [6, 6.07) is 12.3. The molecule has 10 heteroatoms. The molecular weight excluding hydrogens is 424 g/mol. The fraction of sp³-hybridized carbons (Fsp3) is 0.278. The molecule has 1 heterocycles. The lowest BCUT2D eigenvalue weighted by Crippen LogP contribution is -2.30. The van der Waals surface area contributed by atoms with Crippen LogP contribution in [0.2, 0.25) is 5.02 Å². The van der Waals surface area contributed by atoms with E-state index in [0.29, 0.717) is 11.4 Å². The van der Waals surface area contributed by atoms with Crippen LogP contribution in [0.25, 0.3) is 0 Å². The minimum atomic E-state index is -3.76. The van der Waals surface area contributed by atoms with Crippen LogP contribution < -0.4 is 9.03 Å². The Morgan fingerprint density at radius 2 is 1.71 bits per heavy atom. The van der Waals surface area contributed by atoms with E-state index in [1.165, 1.54) is 24.3 Å². The third kappa shape index (κ3) is 4.38. The summed E-state index contributed by atoms with van der Waals surface area (Å²) in [6.45, 7) is 1.74. The van der Waals surface area contributed by atoms with Gasteiger partial charge in [0.15, 0.2) is 0 Å². The normalized spacial score (nSPS) is 19.1. The van der Waals surface area contributed by atoms with Crippen molar-refractivity contribution in [2.24, 2.45) is 5.92 Å². The number of carbonyl (C=O) groups is 1. The van der Waals surface area contributed by atoms with Crippen LogP contribution in [0.5, 0.6) is 0 Å². The largest absolute Gasteiger partial charge is 0.273 e. The molecule has 1 aliphatic heterocycles. The van der Waals surface area contributed by atoms with E-state index < -0.39 is 31.9 Å². The molecule has 1 amide bonds. The lowest BCUT2D eigenvalue weighted by molar-refractivity contribution is -0.119. The molecule has 1 N–H and O–H groups in total. The molecule has 0 saturated carbocycles. The maximum Gasteiger partial charge on any atom is 0.244 e. The Balaban J connectivity index is 1.70. The molecular formula is C18H19ClN2O5S2. The number of anilines is 1. The number of carbonyl (C=O) groups excluding carboxylic acids is 1. The SMILES string of the molecule is CC1CS(=O)(=O)N(c2ccc(S(=O)(=O)NCCc3ccc(Cl)cc3)cc2)C1=O. The number of benzene rings is 2. The molecule has 1 saturated heterocycles. The van der Waals surface area contributed by atoms with Gasteiger partial charge in [0.1, 0.15) is 0 Å². The lowest BCUT2D eigenvalue weighted by atomic mass is 10.2. The highest BCUT2D eigenvalue weighted by Crippen LogP contribution is 2.28. The van der Waals surface area contributed by atoms with Crippen LogP contribution in [0, 0.1) is 5.92 Å². The molecule has 1 aliphatic rings. The highest BCUT2D eigenvalue weighted by Gasteiger charge is 2.41. The highest BCUT2D eigenvalue weighted by atomic mass is 35.5. The summed E-state index contributed by atoms with van der Waals surface area (Å²) in [5.74, 6) is -1.39. The van der Waals surface area contributed by atoms with Crippen molar-refractivity contribution in [1.82, 2.24) is 4.72 Å². The molecule has 0 bridgehead atoms. The first-order chi connectivity index (χ1) is 13.1. The van der Waals surface area contributed by atoms with Gasteiger partial charge in [-0.05, 0) is 48.4 Å². The standard InChI is InChI=1S/C18H19ClN2O5S2/c1-13-12-27(23,24)21(18(13)22)16-6-8-17(9-7-16)28(25,26)20-11-10-14-2-4-15(19)5-3-14/h2-9,13,20H,10-12H2,1H3. The summed E-state index contributed by atoms with van der Waals surface area (Å²) in [5, 5.41) is 0.609. The van der Waals surface area contributed by atoms with Gasteiger partial charge in [0, 0.05) is 11.6 Å². The average molecular weight is 443 g/mol. The molecule has 7 nitrogen and oxygen atoms in total. The van der Waals surface area contributed by atoms with Gasteiger partial charge in [-0.15, -0.1) is 0 Å². The summed E-state index contributed by atoms with van der Waals surface area (Å²) < 4.78 is 52.3. The minimum absolute atomic E-state index is 0.00977. The molecule has 1 unspecified atom stereocenters. The number of rotatable bonds is 6. The Morgan fingerprint density at radius 1 is 1.11 bits per heavy atom. The summed E-state index contributed by atoms with van der Waals surface area (Å²) >= 11 is 5.82. The molecule has 2 aromatic carbocycles. The first-order valence-corrected chi connectivity index (χ1v) is 12.0. The van der Waals surface area contributed by atoms with Gasteiger partial charge in [0.25, 0.3) is 0 Å². The number of nitrogens with zero attached hydrogens (tertiary/aromatic N) is 1. The van der Waals surface area contributed by atoms with Crippen LogP contribution in [-0.2, 0) is 31.3 Å². The number of hydrogen-bond acceptors (Lipinski definition) is 5. The lowest BCUT2D eigenvalue weighted by Gasteiger charge is -2.15. The Kier molecular flexibility index (Phi) is 5.81. The van der Waals surface area contributed by atoms with Gasteiger partial charge in [0.05, 0.1) is 22.3 Å². The number of amides is 1. The third-order valence-corrected chi connectivity index (χ3v) is 7.96. The van der Waals surface area contributed by atoms with Crippen molar-refractivity contribution >= 4 is 43.2 Å². The van der Waals surface area contributed by atoms with Crippen molar-refractivity contribution < 1.29 is 21.6 Å². The van der Waals surface area contributed by atoms with Crippen molar-refractivity contribution in [3.8, 4) is 0 Å². The monoisotopic (exact) mass is 442 g/mol. The maximum atomic E-state index is 12.4. The van der Waals surface area contributed by atoms with E-state index in [2.05, 4.69) is 4.72 Å². The Hall–Kier alpha value is -1.94. The summed E-state index contributed by atoms with van der Waals surface area (Å²) in [4.78, 5) is 12.1. The van der Waals surface area contributed by atoms with Crippen LogP contribution in [0.3, 0.4) is 0 Å². The van der Waals surface area contributed by atoms with Gasteiger partial charge in [-0.1, -0.05) is 30.7 Å². The van der Waals surface area contributed by atoms with Crippen molar-refractivity contribution in [2.45, 2.75) is 18.2 Å². The first-order valence-electron chi connectivity index (χ1n) is 8.51. The van der Waals surface area contributed by atoms with E-state index in [4.69, 9.17) is 11.6 Å². The zero-order valence-corrected chi connectivity index (χ0v) is 17.4.